The van der Waals surface area contributed by atoms with E-state index in [0.29, 0.717) is 12.1 Å². The Balaban J connectivity index is 0.00000208. The number of hydrogen-bond acceptors (Lipinski definition) is 7. The van der Waals surface area contributed by atoms with Crippen molar-refractivity contribution in [1.82, 2.24) is 15.5 Å². The molecule has 1 unspecified atom stereocenters. The molecule has 0 saturated heterocycles. The number of ether oxygens (including phenoxy) is 1. The molecule has 2 N–H and O–H groups in total. The van der Waals surface area contributed by atoms with Crippen molar-refractivity contribution in [3.63, 3.8) is 0 Å². The van der Waals surface area contributed by atoms with Gasteiger partial charge in [0.1, 0.15) is 10.8 Å². The number of guanidine groups is 1. The molecule has 0 saturated carbocycles. The molecule has 1 atom stereocenters. The largest absolute Gasteiger partial charge is 1.00 e. The van der Waals surface area contributed by atoms with E-state index < -0.39 is 0 Å². The molecule has 1 aromatic carbocycles. The summed E-state index contributed by atoms with van der Waals surface area (Å²) in [7, 11) is 1.60. The second-order valence-corrected chi connectivity index (χ2v) is 6.27. The highest BCUT2D eigenvalue weighted by Gasteiger charge is 2.29. The number of carbonyl (C=O) groups excluding carboxylic acids is 1. The van der Waals surface area contributed by atoms with E-state index in [0.717, 1.165) is 33.3 Å². The van der Waals surface area contributed by atoms with Gasteiger partial charge in [-0.05, 0) is 42.5 Å². The monoisotopic (exact) mass is 459 g/mol. The van der Waals surface area contributed by atoms with Crippen LogP contribution in [0.3, 0.4) is 0 Å². The fourth-order valence-electron chi connectivity index (χ4n) is 2.32. The summed E-state index contributed by atoms with van der Waals surface area (Å²) in [6, 6.07) is 7.11. The second kappa shape index (κ2) is 8.49. The molecule has 0 radical (unpaired) electrons. The first-order valence-corrected chi connectivity index (χ1v) is 8.11. The van der Waals surface area contributed by atoms with E-state index >= 15 is 0 Å². The molecule has 3 rings (SSSR count). The molecule has 1 aliphatic rings. The lowest BCUT2D eigenvalue weighted by Gasteiger charge is -2.14. The third kappa shape index (κ3) is 4.28. The highest BCUT2D eigenvalue weighted by molar-refractivity contribution is 7.14. The van der Waals surface area contributed by atoms with Gasteiger partial charge in [-0.2, -0.15) is 0 Å². The number of aromatic nitrogens is 2. The van der Waals surface area contributed by atoms with Crippen LogP contribution in [0.15, 0.2) is 29.3 Å². The number of nitrogens with zero attached hydrogens (tertiary/aromatic N) is 3. The smallest absolute Gasteiger partial charge is 0.313 e. The van der Waals surface area contributed by atoms with Gasteiger partial charge in [-0.25, -0.2) is 9.89 Å². The molecule has 24 heavy (non-hydrogen) atoms. The number of methoxy groups -OCH3 is 1. The van der Waals surface area contributed by atoms with Crippen molar-refractivity contribution in [3.05, 3.63) is 34.8 Å². The summed E-state index contributed by atoms with van der Waals surface area (Å²) in [5.41, 5.74) is 0.642. The summed E-state index contributed by atoms with van der Waals surface area (Å²) in [6.45, 7) is 3.64. The van der Waals surface area contributed by atoms with Crippen molar-refractivity contribution in [2.24, 2.45) is 4.99 Å². The molecule has 2 heterocycles. The number of benzene rings is 1. The molecule has 0 fully saturated rings. The Hall–Kier alpha value is -1.59. The Morgan fingerprint density at radius 3 is 2.62 bits per heavy atom. The summed E-state index contributed by atoms with van der Waals surface area (Å²) in [5.74, 6) is 1.50. The van der Waals surface area contributed by atoms with Crippen LogP contribution in [0.1, 0.15) is 15.4 Å². The van der Waals surface area contributed by atoms with Crippen LogP contribution in [0.25, 0.3) is 0 Å². The van der Waals surface area contributed by atoms with Gasteiger partial charge < -0.3 is 34.0 Å². The van der Waals surface area contributed by atoms with E-state index in [2.05, 4.69) is 20.5 Å². The lowest BCUT2D eigenvalue weighted by Crippen LogP contribution is -3.12. The molecule has 9 heteroatoms. The summed E-state index contributed by atoms with van der Waals surface area (Å²) in [5, 5.41) is 13.1. The molecule has 0 spiro atoms. The number of halogens is 1. The summed E-state index contributed by atoms with van der Waals surface area (Å²) >= 11 is 1.47. The van der Waals surface area contributed by atoms with E-state index in [-0.39, 0.29) is 36.3 Å². The summed E-state index contributed by atoms with van der Waals surface area (Å²) in [6.07, 6.45) is 0. The molecule has 0 bridgehead atoms. The van der Waals surface area contributed by atoms with Gasteiger partial charge in [0.15, 0.2) is 6.54 Å². The van der Waals surface area contributed by atoms with Gasteiger partial charge in [-0.15, -0.1) is 5.10 Å². The molecule has 2 aromatic rings. The van der Waals surface area contributed by atoms with Crippen LogP contribution in [0.2, 0.25) is 0 Å². The van der Waals surface area contributed by atoms with Crippen LogP contribution < -0.4 is 38.9 Å². The zero-order valence-electron chi connectivity index (χ0n) is 13.4. The first-order valence-electron chi connectivity index (χ1n) is 7.29. The lowest BCUT2D eigenvalue weighted by atomic mass is 10.1. The van der Waals surface area contributed by atoms with Crippen molar-refractivity contribution in [2.45, 2.75) is 6.92 Å². The van der Waals surface area contributed by atoms with Gasteiger partial charge in [0.05, 0.1) is 13.7 Å². The van der Waals surface area contributed by atoms with Crippen LogP contribution in [0, 0.1) is 6.92 Å². The standard InChI is InChI=1S/C15H17N5O2S.HI/c1-10-18-19-15(23-10)20(14-16-7-8-17-14)9-13(21)11-3-5-12(22-2)6-4-11;/h3-6H,7-9H2,1-2H3,(H,16,17);1H. The van der Waals surface area contributed by atoms with E-state index in [9.17, 15) is 4.79 Å². The predicted molar refractivity (Wildman–Crippen MR) is 87.8 cm³/mol. The minimum absolute atomic E-state index is 0. The zero-order chi connectivity index (χ0) is 16.2. The number of rotatable bonds is 5. The molecule has 128 valence electrons. The van der Waals surface area contributed by atoms with Gasteiger partial charge >= 0.3 is 11.1 Å². The van der Waals surface area contributed by atoms with Crippen LogP contribution in [-0.2, 0) is 0 Å². The van der Waals surface area contributed by atoms with Crippen molar-refractivity contribution in [2.75, 3.05) is 26.7 Å². The van der Waals surface area contributed by atoms with Crippen LogP contribution >= 0.6 is 11.3 Å². The SMILES string of the molecule is COc1ccc(C(=O)C[NH+](C2=NCCN2)c2nnc(C)s2)cc1.[I-]. The van der Waals surface area contributed by atoms with Crippen LogP contribution in [-0.4, -0.2) is 48.7 Å². The first-order chi connectivity index (χ1) is 11.2. The summed E-state index contributed by atoms with van der Waals surface area (Å²) < 4.78 is 5.12. The molecule has 0 amide bonds. The highest BCUT2D eigenvalue weighted by atomic mass is 127. The van der Waals surface area contributed by atoms with Gasteiger partial charge in [-0.3, -0.25) is 4.79 Å². The minimum atomic E-state index is 0. The molecule has 1 aromatic heterocycles. The number of ketones is 1. The van der Waals surface area contributed by atoms with Gasteiger partial charge in [0.2, 0.25) is 5.78 Å². The van der Waals surface area contributed by atoms with Crippen molar-refractivity contribution in [3.8, 4) is 5.75 Å². The molecule has 7 nitrogen and oxygen atoms in total. The van der Waals surface area contributed by atoms with E-state index in [1.54, 1.807) is 31.4 Å². The molecule has 0 aliphatic carbocycles. The fourth-order valence-corrected chi connectivity index (χ4v) is 3.05. The molecular formula is C15H18IN5O2S. The number of carbonyl (C=O) groups is 1. The lowest BCUT2D eigenvalue weighted by molar-refractivity contribution is -0.722. The number of nitrogens with one attached hydrogen (secondary N) is 2. The van der Waals surface area contributed by atoms with E-state index in [4.69, 9.17) is 4.74 Å². The number of Topliss-reactive ketones (excluding diaryl/α,β-unsaturated/α-hetero) is 1. The Labute approximate surface area is 161 Å². The van der Waals surface area contributed by atoms with Crippen molar-refractivity contribution < 1.29 is 38.4 Å². The maximum atomic E-state index is 12.6. The zero-order valence-corrected chi connectivity index (χ0v) is 16.3. The van der Waals surface area contributed by atoms with Crippen molar-refractivity contribution in [1.29, 1.82) is 0 Å². The number of quaternary nitrogens is 1. The minimum Gasteiger partial charge on any atom is -1.00 e. The highest BCUT2D eigenvalue weighted by Crippen LogP contribution is 2.12. The maximum Gasteiger partial charge on any atom is 0.313 e. The van der Waals surface area contributed by atoms with Crippen LogP contribution in [0.4, 0.5) is 5.13 Å². The Bertz CT molecular complexity index is 732. The van der Waals surface area contributed by atoms with Crippen LogP contribution in [0.5, 0.6) is 5.75 Å². The fraction of sp³-hybridized carbons (Fsp3) is 0.333. The van der Waals surface area contributed by atoms with Gasteiger partial charge in [0.25, 0.3) is 0 Å². The number of aryl methyl sites for hydroxylation is 1. The summed E-state index contributed by atoms with van der Waals surface area (Å²) in [4.78, 5) is 17.8. The Morgan fingerprint density at radius 2 is 2.08 bits per heavy atom. The molecule has 1 aliphatic heterocycles. The average Bonchev–Trinajstić information content (AvgIpc) is 3.24. The van der Waals surface area contributed by atoms with E-state index in [1.165, 1.54) is 11.3 Å². The van der Waals surface area contributed by atoms with Gasteiger partial charge in [-0.1, -0.05) is 5.10 Å². The third-order valence-electron chi connectivity index (χ3n) is 3.49. The molecular weight excluding hydrogens is 441 g/mol. The Morgan fingerprint density at radius 1 is 1.33 bits per heavy atom. The predicted octanol–water partition coefficient (Wildman–Crippen LogP) is -2.78. The number of aliphatic imine (C=N–C) groups is 1. The average molecular weight is 459 g/mol. The van der Waals surface area contributed by atoms with Gasteiger partial charge in [0, 0.05) is 12.1 Å². The second-order valence-electron chi connectivity index (χ2n) is 5.09. The van der Waals surface area contributed by atoms with Crippen molar-refractivity contribution >= 4 is 28.2 Å². The third-order valence-corrected chi connectivity index (χ3v) is 4.39. The Kier molecular flexibility index (Phi) is 6.63. The number of hydrogen-bond donors (Lipinski definition) is 2. The first kappa shape index (κ1) is 18.7. The van der Waals surface area contributed by atoms with E-state index in [1.807, 2.05) is 6.92 Å². The maximum absolute atomic E-state index is 12.6. The normalized spacial score (nSPS) is 14.3. The topological polar surface area (TPSA) is 80.9 Å². The quantitative estimate of drug-likeness (QED) is 0.374.